The van der Waals surface area contributed by atoms with E-state index in [2.05, 4.69) is 26.1 Å². The van der Waals surface area contributed by atoms with E-state index in [1.54, 1.807) is 6.07 Å². The zero-order valence-electron chi connectivity index (χ0n) is 9.94. The number of non-ortho nitro benzene ring substituents is 1. The van der Waals surface area contributed by atoms with Gasteiger partial charge in [-0.15, -0.1) is 0 Å². The first-order valence-corrected chi connectivity index (χ1v) is 6.07. The Hall–Kier alpha value is -0.980. The van der Waals surface area contributed by atoms with Crippen LogP contribution in [0.25, 0.3) is 0 Å². The van der Waals surface area contributed by atoms with Crippen molar-refractivity contribution in [1.29, 1.82) is 0 Å². The van der Waals surface area contributed by atoms with E-state index in [0.717, 1.165) is 23.1 Å². The highest BCUT2D eigenvalue weighted by molar-refractivity contribution is 9.10. The molecule has 0 aromatic heterocycles. The van der Waals surface area contributed by atoms with Gasteiger partial charge in [0.1, 0.15) is 0 Å². The molecule has 0 aliphatic heterocycles. The third-order valence-electron chi connectivity index (χ3n) is 2.22. The van der Waals surface area contributed by atoms with E-state index >= 15 is 0 Å². The van der Waals surface area contributed by atoms with Crippen LogP contribution < -0.4 is 5.32 Å². The Morgan fingerprint density at radius 1 is 1.41 bits per heavy atom. The first-order valence-electron chi connectivity index (χ1n) is 5.28. The molecule has 0 amide bonds. The Morgan fingerprint density at radius 3 is 2.71 bits per heavy atom. The van der Waals surface area contributed by atoms with Crippen LogP contribution in [0.4, 0.5) is 5.69 Å². The molecule has 0 spiro atoms. The number of rotatable bonds is 6. The first kappa shape index (κ1) is 14.1. The predicted octanol–water partition coefficient (Wildman–Crippen LogP) is 2.01. The number of nitro benzene ring substituents is 1. The third kappa shape index (κ3) is 5.25. The van der Waals surface area contributed by atoms with Gasteiger partial charge >= 0.3 is 0 Å². The molecule has 0 saturated heterocycles. The standard InChI is InChI=1S/C11H16BrN3O2/c1-14(2)4-3-13-8-9-5-10(12)7-11(6-9)15(16)17/h5-7,13H,3-4,8H2,1-2H3. The number of halogens is 1. The van der Waals surface area contributed by atoms with Gasteiger partial charge in [-0.2, -0.15) is 0 Å². The summed E-state index contributed by atoms with van der Waals surface area (Å²) < 4.78 is 0.733. The molecule has 1 N–H and O–H groups in total. The predicted molar refractivity (Wildman–Crippen MR) is 71.1 cm³/mol. The summed E-state index contributed by atoms with van der Waals surface area (Å²) in [6.45, 7) is 2.43. The van der Waals surface area contributed by atoms with Crippen LogP contribution in [0, 0.1) is 10.1 Å². The lowest BCUT2D eigenvalue weighted by molar-refractivity contribution is -0.385. The van der Waals surface area contributed by atoms with E-state index in [-0.39, 0.29) is 10.6 Å². The minimum atomic E-state index is -0.381. The Balaban J connectivity index is 2.56. The Bertz CT molecular complexity index is 396. The summed E-state index contributed by atoms with van der Waals surface area (Å²) in [5.41, 5.74) is 1.02. The van der Waals surface area contributed by atoms with Gasteiger partial charge in [0.15, 0.2) is 0 Å². The van der Waals surface area contributed by atoms with E-state index in [4.69, 9.17) is 0 Å². The number of hydrogen-bond acceptors (Lipinski definition) is 4. The van der Waals surface area contributed by atoms with Crippen LogP contribution in [0.15, 0.2) is 22.7 Å². The minimum Gasteiger partial charge on any atom is -0.311 e. The number of nitrogens with one attached hydrogen (secondary N) is 1. The zero-order valence-corrected chi connectivity index (χ0v) is 11.5. The van der Waals surface area contributed by atoms with Gasteiger partial charge in [-0.3, -0.25) is 10.1 Å². The molecule has 0 radical (unpaired) electrons. The van der Waals surface area contributed by atoms with Gasteiger partial charge in [0, 0.05) is 36.2 Å². The molecule has 0 atom stereocenters. The molecule has 0 aliphatic carbocycles. The molecular formula is C11H16BrN3O2. The molecular weight excluding hydrogens is 286 g/mol. The van der Waals surface area contributed by atoms with Crippen molar-refractivity contribution >= 4 is 21.6 Å². The van der Waals surface area contributed by atoms with Crippen LogP contribution in [0.2, 0.25) is 0 Å². The monoisotopic (exact) mass is 301 g/mol. The smallest absolute Gasteiger partial charge is 0.270 e. The highest BCUT2D eigenvalue weighted by Gasteiger charge is 2.08. The highest BCUT2D eigenvalue weighted by Crippen LogP contribution is 2.21. The van der Waals surface area contributed by atoms with Crippen molar-refractivity contribution in [2.45, 2.75) is 6.54 Å². The number of likely N-dealkylation sites (N-methyl/N-ethyl adjacent to an activating group) is 1. The highest BCUT2D eigenvalue weighted by atomic mass is 79.9. The summed E-state index contributed by atoms with van der Waals surface area (Å²) in [7, 11) is 4.01. The van der Waals surface area contributed by atoms with Crippen LogP contribution in [0.1, 0.15) is 5.56 Å². The molecule has 17 heavy (non-hydrogen) atoms. The lowest BCUT2D eigenvalue weighted by Crippen LogP contribution is -2.26. The largest absolute Gasteiger partial charge is 0.311 e. The second kappa shape index (κ2) is 6.68. The van der Waals surface area contributed by atoms with Gasteiger partial charge in [0.25, 0.3) is 5.69 Å². The fourth-order valence-corrected chi connectivity index (χ4v) is 1.90. The van der Waals surface area contributed by atoms with Crippen molar-refractivity contribution in [3.8, 4) is 0 Å². The van der Waals surface area contributed by atoms with Gasteiger partial charge in [-0.05, 0) is 25.7 Å². The van der Waals surface area contributed by atoms with Crippen molar-refractivity contribution in [3.63, 3.8) is 0 Å². The summed E-state index contributed by atoms with van der Waals surface area (Å²) >= 11 is 3.27. The van der Waals surface area contributed by atoms with E-state index in [9.17, 15) is 10.1 Å². The summed E-state index contributed by atoms with van der Waals surface area (Å²) in [6.07, 6.45) is 0. The molecule has 0 heterocycles. The summed E-state index contributed by atoms with van der Waals surface area (Å²) in [5.74, 6) is 0. The van der Waals surface area contributed by atoms with Crippen molar-refractivity contribution < 1.29 is 4.92 Å². The van der Waals surface area contributed by atoms with E-state index in [0.29, 0.717) is 6.54 Å². The maximum Gasteiger partial charge on any atom is 0.270 e. The number of nitrogens with zero attached hydrogens (tertiary/aromatic N) is 2. The normalized spacial score (nSPS) is 10.8. The fraction of sp³-hybridized carbons (Fsp3) is 0.455. The van der Waals surface area contributed by atoms with E-state index in [1.165, 1.54) is 6.07 Å². The van der Waals surface area contributed by atoms with Gasteiger partial charge < -0.3 is 10.2 Å². The quantitative estimate of drug-likeness (QED) is 0.496. The van der Waals surface area contributed by atoms with Crippen molar-refractivity contribution in [2.75, 3.05) is 27.2 Å². The topological polar surface area (TPSA) is 58.4 Å². The van der Waals surface area contributed by atoms with Gasteiger partial charge in [0.05, 0.1) is 4.92 Å². The van der Waals surface area contributed by atoms with Crippen LogP contribution in [0.3, 0.4) is 0 Å². The molecule has 6 heteroatoms. The first-order chi connectivity index (χ1) is 7.99. The molecule has 94 valence electrons. The lowest BCUT2D eigenvalue weighted by atomic mass is 10.2. The summed E-state index contributed by atoms with van der Waals surface area (Å²) in [6, 6.07) is 4.98. The van der Waals surface area contributed by atoms with Crippen molar-refractivity contribution in [2.24, 2.45) is 0 Å². The Kier molecular flexibility index (Phi) is 5.54. The third-order valence-corrected chi connectivity index (χ3v) is 2.68. The van der Waals surface area contributed by atoms with Crippen LogP contribution in [-0.4, -0.2) is 37.0 Å². The molecule has 0 unspecified atom stereocenters. The minimum absolute atomic E-state index is 0.115. The SMILES string of the molecule is CN(C)CCNCc1cc(Br)cc([N+](=O)[O-])c1. The number of nitro groups is 1. The maximum absolute atomic E-state index is 10.7. The average molecular weight is 302 g/mol. The molecule has 1 aromatic carbocycles. The van der Waals surface area contributed by atoms with Gasteiger partial charge in [-0.25, -0.2) is 0 Å². The Morgan fingerprint density at radius 2 is 2.12 bits per heavy atom. The average Bonchev–Trinajstić information content (AvgIpc) is 2.23. The zero-order chi connectivity index (χ0) is 12.8. The molecule has 0 fully saturated rings. The van der Waals surface area contributed by atoms with Crippen LogP contribution in [-0.2, 0) is 6.54 Å². The van der Waals surface area contributed by atoms with E-state index in [1.807, 2.05) is 20.2 Å². The number of benzene rings is 1. The van der Waals surface area contributed by atoms with Crippen molar-refractivity contribution in [3.05, 3.63) is 38.3 Å². The van der Waals surface area contributed by atoms with E-state index < -0.39 is 0 Å². The molecule has 0 bridgehead atoms. The van der Waals surface area contributed by atoms with Crippen molar-refractivity contribution in [1.82, 2.24) is 10.2 Å². The Labute approximate surface area is 109 Å². The molecule has 0 aliphatic rings. The lowest BCUT2D eigenvalue weighted by Gasteiger charge is -2.10. The molecule has 0 saturated carbocycles. The summed E-state index contributed by atoms with van der Waals surface area (Å²) in [5, 5.41) is 13.9. The number of hydrogen-bond donors (Lipinski definition) is 1. The van der Waals surface area contributed by atoms with Crippen LogP contribution >= 0.6 is 15.9 Å². The maximum atomic E-state index is 10.7. The molecule has 5 nitrogen and oxygen atoms in total. The molecule has 1 rings (SSSR count). The molecule has 1 aromatic rings. The fourth-order valence-electron chi connectivity index (χ4n) is 1.38. The second-order valence-electron chi connectivity index (χ2n) is 4.05. The van der Waals surface area contributed by atoms with Gasteiger partial charge in [-0.1, -0.05) is 15.9 Å². The second-order valence-corrected chi connectivity index (χ2v) is 4.97. The van der Waals surface area contributed by atoms with Crippen LogP contribution in [0.5, 0.6) is 0 Å². The summed E-state index contributed by atoms with van der Waals surface area (Å²) in [4.78, 5) is 12.4. The van der Waals surface area contributed by atoms with Gasteiger partial charge in [0.2, 0.25) is 0 Å².